The van der Waals surface area contributed by atoms with Crippen molar-refractivity contribution in [3.05, 3.63) is 21.4 Å². The number of rotatable bonds is 1. The van der Waals surface area contributed by atoms with E-state index in [9.17, 15) is 4.79 Å². The molecule has 88 valence electrons. The van der Waals surface area contributed by atoms with Crippen LogP contribution < -0.4 is 5.32 Å². The number of amides is 1. The van der Waals surface area contributed by atoms with Crippen molar-refractivity contribution in [2.75, 3.05) is 26.2 Å². The summed E-state index contributed by atoms with van der Waals surface area (Å²) in [4.78, 5) is 15.5. The van der Waals surface area contributed by atoms with Gasteiger partial charge in [-0.05, 0) is 32.4 Å². The van der Waals surface area contributed by atoms with E-state index in [0.717, 1.165) is 43.7 Å². The fourth-order valence-corrected chi connectivity index (χ4v) is 2.80. The molecule has 4 heteroatoms. The molecule has 1 fully saturated rings. The Kier molecular flexibility index (Phi) is 3.61. The van der Waals surface area contributed by atoms with E-state index in [2.05, 4.69) is 12.2 Å². The number of nitrogens with zero attached hydrogens (tertiary/aromatic N) is 1. The Morgan fingerprint density at radius 1 is 1.38 bits per heavy atom. The molecule has 0 aromatic carbocycles. The third kappa shape index (κ3) is 2.28. The number of nitrogens with one attached hydrogen (secondary N) is 1. The highest BCUT2D eigenvalue weighted by molar-refractivity contribution is 7.10. The Hall–Kier alpha value is -0.870. The van der Waals surface area contributed by atoms with Gasteiger partial charge in [0.05, 0.1) is 5.56 Å². The second-order valence-electron chi connectivity index (χ2n) is 4.23. The quantitative estimate of drug-likeness (QED) is 0.809. The lowest BCUT2D eigenvalue weighted by Gasteiger charge is -2.19. The number of thiophene rings is 1. The topological polar surface area (TPSA) is 32.3 Å². The van der Waals surface area contributed by atoms with Crippen molar-refractivity contribution in [1.82, 2.24) is 10.2 Å². The molecule has 0 bridgehead atoms. The van der Waals surface area contributed by atoms with E-state index in [1.54, 1.807) is 11.3 Å². The summed E-state index contributed by atoms with van der Waals surface area (Å²) in [5, 5.41) is 5.30. The van der Waals surface area contributed by atoms with Crippen LogP contribution in [-0.4, -0.2) is 37.0 Å². The number of carbonyl (C=O) groups excluding carboxylic acids is 1. The summed E-state index contributed by atoms with van der Waals surface area (Å²) < 4.78 is 0. The third-order valence-corrected chi connectivity index (χ3v) is 4.16. The lowest BCUT2D eigenvalue weighted by Crippen LogP contribution is -2.34. The lowest BCUT2D eigenvalue weighted by molar-refractivity contribution is 0.0766. The summed E-state index contributed by atoms with van der Waals surface area (Å²) in [6.45, 7) is 7.74. The van der Waals surface area contributed by atoms with E-state index in [1.807, 2.05) is 17.2 Å². The minimum absolute atomic E-state index is 0.200. The second kappa shape index (κ2) is 4.97. The third-order valence-electron chi connectivity index (χ3n) is 3.14. The van der Waals surface area contributed by atoms with Crippen LogP contribution in [0.2, 0.25) is 0 Å². The van der Waals surface area contributed by atoms with Gasteiger partial charge >= 0.3 is 0 Å². The van der Waals surface area contributed by atoms with Crippen molar-refractivity contribution < 1.29 is 4.79 Å². The zero-order chi connectivity index (χ0) is 11.5. The van der Waals surface area contributed by atoms with Gasteiger partial charge in [-0.1, -0.05) is 0 Å². The summed E-state index contributed by atoms with van der Waals surface area (Å²) in [6, 6.07) is 0. The normalized spacial score (nSPS) is 17.2. The first kappa shape index (κ1) is 11.6. The minimum atomic E-state index is 0.200. The average molecular weight is 238 g/mol. The van der Waals surface area contributed by atoms with Crippen LogP contribution in [0.25, 0.3) is 0 Å². The zero-order valence-corrected chi connectivity index (χ0v) is 10.7. The van der Waals surface area contributed by atoms with Crippen LogP contribution in [0.3, 0.4) is 0 Å². The summed E-state index contributed by atoms with van der Waals surface area (Å²) >= 11 is 1.67. The van der Waals surface area contributed by atoms with Crippen molar-refractivity contribution in [2.24, 2.45) is 0 Å². The molecule has 0 radical (unpaired) electrons. The van der Waals surface area contributed by atoms with E-state index < -0.39 is 0 Å². The first-order chi connectivity index (χ1) is 7.70. The van der Waals surface area contributed by atoms with E-state index in [1.165, 1.54) is 4.88 Å². The highest BCUT2D eigenvalue weighted by atomic mass is 32.1. The van der Waals surface area contributed by atoms with Gasteiger partial charge in [-0.2, -0.15) is 0 Å². The molecule has 0 spiro atoms. The van der Waals surface area contributed by atoms with Gasteiger partial charge in [0, 0.05) is 29.9 Å². The van der Waals surface area contributed by atoms with Crippen LogP contribution >= 0.6 is 11.3 Å². The molecule has 1 N–H and O–H groups in total. The van der Waals surface area contributed by atoms with Crippen LogP contribution in [0.4, 0.5) is 0 Å². The van der Waals surface area contributed by atoms with Crippen molar-refractivity contribution >= 4 is 17.2 Å². The van der Waals surface area contributed by atoms with Crippen LogP contribution in [0, 0.1) is 13.8 Å². The molecule has 0 atom stereocenters. The molecule has 1 aromatic rings. The lowest BCUT2D eigenvalue weighted by atomic mass is 10.1. The molecule has 0 unspecified atom stereocenters. The summed E-state index contributed by atoms with van der Waals surface area (Å²) in [6.07, 6.45) is 1.05. The van der Waals surface area contributed by atoms with Crippen LogP contribution in [0.1, 0.15) is 27.2 Å². The standard InChI is InChI=1S/C12H18N2OS/c1-9-10(2)16-8-11(9)12(15)14-6-3-4-13-5-7-14/h8,13H,3-7H2,1-2H3. The van der Waals surface area contributed by atoms with Gasteiger partial charge in [0.25, 0.3) is 5.91 Å². The van der Waals surface area contributed by atoms with Crippen molar-refractivity contribution in [1.29, 1.82) is 0 Å². The Morgan fingerprint density at radius 3 is 2.88 bits per heavy atom. The number of hydrogen-bond acceptors (Lipinski definition) is 3. The fraction of sp³-hybridized carbons (Fsp3) is 0.583. The first-order valence-electron chi connectivity index (χ1n) is 5.75. The van der Waals surface area contributed by atoms with Gasteiger partial charge in [0.2, 0.25) is 0 Å². The van der Waals surface area contributed by atoms with Crippen molar-refractivity contribution in [2.45, 2.75) is 20.3 Å². The predicted octanol–water partition coefficient (Wildman–Crippen LogP) is 1.80. The van der Waals surface area contributed by atoms with Gasteiger partial charge < -0.3 is 10.2 Å². The van der Waals surface area contributed by atoms with Gasteiger partial charge in [0.1, 0.15) is 0 Å². The molecule has 2 rings (SSSR count). The summed E-state index contributed by atoms with van der Waals surface area (Å²) in [5.74, 6) is 0.200. The smallest absolute Gasteiger partial charge is 0.255 e. The molecule has 16 heavy (non-hydrogen) atoms. The van der Waals surface area contributed by atoms with Crippen molar-refractivity contribution in [3.8, 4) is 0 Å². The van der Waals surface area contributed by atoms with E-state index in [4.69, 9.17) is 0 Å². The molecule has 2 heterocycles. The number of aryl methyl sites for hydroxylation is 1. The molecule has 1 aromatic heterocycles. The maximum Gasteiger partial charge on any atom is 0.255 e. The zero-order valence-electron chi connectivity index (χ0n) is 9.88. The maximum absolute atomic E-state index is 12.3. The molecule has 0 aliphatic carbocycles. The molecule has 1 amide bonds. The molecule has 1 saturated heterocycles. The molecule has 1 aliphatic heterocycles. The van der Waals surface area contributed by atoms with E-state index in [-0.39, 0.29) is 5.91 Å². The van der Waals surface area contributed by atoms with Crippen LogP contribution in [-0.2, 0) is 0 Å². The Labute approximate surface area is 100 Å². The molecule has 0 saturated carbocycles. The summed E-state index contributed by atoms with van der Waals surface area (Å²) in [5.41, 5.74) is 2.04. The number of carbonyl (C=O) groups is 1. The monoisotopic (exact) mass is 238 g/mol. The van der Waals surface area contributed by atoms with Crippen LogP contribution in [0.15, 0.2) is 5.38 Å². The highest BCUT2D eigenvalue weighted by Gasteiger charge is 2.20. The first-order valence-corrected chi connectivity index (χ1v) is 6.63. The second-order valence-corrected chi connectivity index (χ2v) is 5.31. The fourth-order valence-electron chi connectivity index (χ4n) is 1.94. The van der Waals surface area contributed by atoms with Gasteiger partial charge in [-0.25, -0.2) is 0 Å². The molecular weight excluding hydrogens is 220 g/mol. The maximum atomic E-state index is 12.3. The average Bonchev–Trinajstić information content (AvgIpc) is 2.53. The number of hydrogen-bond donors (Lipinski definition) is 1. The van der Waals surface area contributed by atoms with E-state index in [0.29, 0.717) is 0 Å². The largest absolute Gasteiger partial charge is 0.337 e. The van der Waals surface area contributed by atoms with Crippen LogP contribution in [0.5, 0.6) is 0 Å². The molecular formula is C12H18N2OS. The predicted molar refractivity (Wildman–Crippen MR) is 67.2 cm³/mol. The minimum Gasteiger partial charge on any atom is -0.337 e. The SMILES string of the molecule is Cc1scc(C(=O)N2CCCNCC2)c1C. The highest BCUT2D eigenvalue weighted by Crippen LogP contribution is 2.22. The Morgan fingerprint density at radius 2 is 2.19 bits per heavy atom. The van der Waals surface area contributed by atoms with Crippen molar-refractivity contribution in [3.63, 3.8) is 0 Å². The van der Waals surface area contributed by atoms with Gasteiger partial charge in [0.15, 0.2) is 0 Å². The molecule has 3 nitrogen and oxygen atoms in total. The Bertz CT molecular complexity index is 378. The summed E-state index contributed by atoms with van der Waals surface area (Å²) in [7, 11) is 0. The van der Waals surface area contributed by atoms with E-state index >= 15 is 0 Å². The Balaban J connectivity index is 2.14. The molecule has 1 aliphatic rings. The van der Waals surface area contributed by atoms with Gasteiger partial charge in [-0.3, -0.25) is 4.79 Å². The van der Waals surface area contributed by atoms with Gasteiger partial charge in [-0.15, -0.1) is 11.3 Å².